The van der Waals surface area contributed by atoms with Crippen LogP contribution in [0, 0.1) is 11.3 Å². The predicted molar refractivity (Wildman–Crippen MR) is 63.3 cm³/mol. The van der Waals surface area contributed by atoms with Gasteiger partial charge in [-0.2, -0.15) is 10.4 Å². The molecule has 76 valence electrons. The van der Waals surface area contributed by atoms with E-state index >= 15 is 0 Å². The van der Waals surface area contributed by atoms with Crippen LogP contribution in [0.25, 0.3) is 0 Å². The summed E-state index contributed by atoms with van der Waals surface area (Å²) < 4.78 is 0. The Morgan fingerprint density at radius 1 is 1.60 bits per heavy atom. The van der Waals surface area contributed by atoms with Crippen LogP contribution in [0.4, 0.5) is 0 Å². The van der Waals surface area contributed by atoms with Crippen LogP contribution in [0.2, 0.25) is 0 Å². The van der Waals surface area contributed by atoms with Gasteiger partial charge in [-0.15, -0.1) is 0 Å². The summed E-state index contributed by atoms with van der Waals surface area (Å²) in [5.41, 5.74) is 9.91. The molecule has 0 aliphatic heterocycles. The van der Waals surface area contributed by atoms with E-state index in [0.29, 0.717) is 5.56 Å². The minimum Gasteiger partial charge on any atom is -0.375 e. The maximum Gasteiger partial charge on any atom is 0.184 e. The zero-order valence-corrected chi connectivity index (χ0v) is 9.01. The highest BCUT2D eigenvalue weighted by Crippen LogP contribution is 2.05. The lowest BCUT2D eigenvalue weighted by Crippen LogP contribution is -2.25. The summed E-state index contributed by atoms with van der Waals surface area (Å²) in [7, 11) is 0. The van der Waals surface area contributed by atoms with Crippen LogP contribution >= 0.6 is 12.2 Å². The van der Waals surface area contributed by atoms with Crippen molar-refractivity contribution in [3.05, 3.63) is 35.4 Å². The van der Waals surface area contributed by atoms with Gasteiger partial charge in [-0.1, -0.05) is 12.1 Å². The molecular formula is C10H10N4S. The van der Waals surface area contributed by atoms with Crippen molar-refractivity contribution in [3.8, 4) is 6.07 Å². The number of hydrogen-bond acceptors (Lipinski definition) is 3. The fourth-order valence-corrected chi connectivity index (χ4v) is 1.06. The molecule has 0 heterocycles. The van der Waals surface area contributed by atoms with Crippen molar-refractivity contribution >= 4 is 23.0 Å². The molecule has 0 saturated carbocycles. The Bertz CT molecular complexity index is 445. The highest BCUT2D eigenvalue weighted by Gasteiger charge is 1.98. The lowest BCUT2D eigenvalue weighted by atomic mass is 10.1. The van der Waals surface area contributed by atoms with E-state index in [1.807, 2.05) is 13.0 Å². The molecule has 0 fully saturated rings. The molecule has 0 saturated heterocycles. The molecule has 3 N–H and O–H groups in total. The van der Waals surface area contributed by atoms with Gasteiger partial charge < -0.3 is 5.73 Å². The van der Waals surface area contributed by atoms with E-state index in [0.717, 1.165) is 11.3 Å². The van der Waals surface area contributed by atoms with Crippen LogP contribution in [0.1, 0.15) is 18.1 Å². The number of nitrogens with one attached hydrogen (secondary N) is 1. The first kappa shape index (κ1) is 11.1. The minimum atomic E-state index is 0.116. The monoisotopic (exact) mass is 218 g/mol. The number of hydrogen-bond donors (Lipinski definition) is 2. The number of nitriles is 1. The van der Waals surface area contributed by atoms with E-state index in [1.54, 1.807) is 18.2 Å². The molecule has 1 aromatic carbocycles. The Hall–Kier alpha value is -1.93. The van der Waals surface area contributed by atoms with Crippen LogP contribution in [-0.2, 0) is 0 Å². The summed E-state index contributed by atoms with van der Waals surface area (Å²) >= 11 is 4.62. The molecule has 1 aromatic rings. The Morgan fingerprint density at radius 2 is 2.33 bits per heavy atom. The molecule has 1 rings (SSSR count). The Labute approximate surface area is 93.4 Å². The van der Waals surface area contributed by atoms with Crippen molar-refractivity contribution in [2.24, 2.45) is 10.8 Å². The quantitative estimate of drug-likeness (QED) is 0.443. The SMILES string of the molecule is CC(=NNC(N)=S)c1cccc(C#N)c1. The molecule has 0 bridgehead atoms. The van der Waals surface area contributed by atoms with Crippen LogP contribution in [-0.4, -0.2) is 10.8 Å². The first-order chi connectivity index (χ1) is 7.13. The normalized spacial score (nSPS) is 10.5. The van der Waals surface area contributed by atoms with E-state index in [-0.39, 0.29) is 5.11 Å². The number of benzene rings is 1. The van der Waals surface area contributed by atoms with Crippen molar-refractivity contribution in [2.75, 3.05) is 0 Å². The standard InChI is InChI=1S/C10H10N4S/c1-7(13-14-10(12)15)9-4-2-3-8(5-9)6-11/h2-5H,1H3,(H3,12,14,15). The molecule has 0 unspecified atom stereocenters. The average molecular weight is 218 g/mol. The van der Waals surface area contributed by atoms with Crippen LogP contribution in [0.5, 0.6) is 0 Å². The molecule has 15 heavy (non-hydrogen) atoms. The molecule has 0 radical (unpaired) electrons. The third-order valence-corrected chi connectivity index (χ3v) is 1.83. The van der Waals surface area contributed by atoms with Gasteiger partial charge in [0.25, 0.3) is 0 Å². The van der Waals surface area contributed by atoms with Gasteiger partial charge in [0.15, 0.2) is 5.11 Å². The highest BCUT2D eigenvalue weighted by atomic mass is 32.1. The van der Waals surface area contributed by atoms with Crippen LogP contribution in [0.3, 0.4) is 0 Å². The second-order valence-electron chi connectivity index (χ2n) is 2.87. The Morgan fingerprint density at radius 3 is 2.93 bits per heavy atom. The summed E-state index contributed by atoms with van der Waals surface area (Å²) in [5.74, 6) is 0. The highest BCUT2D eigenvalue weighted by molar-refractivity contribution is 7.80. The zero-order chi connectivity index (χ0) is 11.3. The van der Waals surface area contributed by atoms with Crippen molar-refractivity contribution in [1.82, 2.24) is 5.43 Å². The van der Waals surface area contributed by atoms with Gasteiger partial charge in [0.1, 0.15) is 0 Å². The average Bonchev–Trinajstić information content (AvgIpc) is 2.26. The van der Waals surface area contributed by atoms with Gasteiger partial charge >= 0.3 is 0 Å². The third kappa shape index (κ3) is 3.37. The number of rotatable bonds is 2. The fourth-order valence-electron chi connectivity index (χ4n) is 1.02. The Kier molecular flexibility index (Phi) is 3.77. The van der Waals surface area contributed by atoms with Crippen molar-refractivity contribution in [2.45, 2.75) is 6.92 Å². The molecule has 0 aromatic heterocycles. The summed E-state index contributed by atoms with van der Waals surface area (Å²) in [6, 6.07) is 9.21. The van der Waals surface area contributed by atoms with Gasteiger partial charge in [-0.05, 0) is 36.8 Å². The Balaban J connectivity index is 2.91. The van der Waals surface area contributed by atoms with Gasteiger partial charge in [0, 0.05) is 0 Å². The van der Waals surface area contributed by atoms with Crippen LogP contribution in [0.15, 0.2) is 29.4 Å². The summed E-state index contributed by atoms with van der Waals surface area (Å²) in [5, 5.41) is 12.8. The first-order valence-corrected chi connectivity index (χ1v) is 4.64. The largest absolute Gasteiger partial charge is 0.375 e. The van der Waals surface area contributed by atoms with Gasteiger partial charge in [-0.25, -0.2) is 0 Å². The van der Waals surface area contributed by atoms with Crippen molar-refractivity contribution in [1.29, 1.82) is 5.26 Å². The summed E-state index contributed by atoms with van der Waals surface area (Å²) in [4.78, 5) is 0. The zero-order valence-electron chi connectivity index (χ0n) is 8.19. The third-order valence-electron chi connectivity index (χ3n) is 1.74. The minimum absolute atomic E-state index is 0.116. The van der Waals surface area contributed by atoms with Crippen LogP contribution < -0.4 is 11.2 Å². The summed E-state index contributed by atoms with van der Waals surface area (Å²) in [6.45, 7) is 1.81. The van der Waals surface area contributed by atoms with E-state index in [4.69, 9.17) is 11.0 Å². The maximum absolute atomic E-state index is 8.72. The molecule has 4 nitrogen and oxygen atoms in total. The number of thiocarbonyl (C=S) groups is 1. The number of nitrogens with zero attached hydrogens (tertiary/aromatic N) is 2. The first-order valence-electron chi connectivity index (χ1n) is 4.23. The lowest BCUT2D eigenvalue weighted by molar-refractivity contribution is 1.03. The topological polar surface area (TPSA) is 74.2 Å². The molecule has 0 spiro atoms. The molecule has 0 aliphatic carbocycles. The second-order valence-corrected chi connectivity index (χ2v) is 3.31. The smallest absolute Gasteiger partial charge is 0.184 e. The molecular weight excluding hydrogens is 208 g/mol. The molecule has 5 heteroatoms. The van der Waals surface area contributed by atoms with E-state index in [1.165, 1.54) is 0 Å². The van der Waals surface area contributed by atoms with Crippen molar-refractivity contribution in [3.63, 3.8) is 0 Å². The number of nitrogens with two attached hydrogens (primary N) is 1. The van der Waals surface area contributed by atoms with Gasteiger partial charge in [-0.3, -0.25) is 5.43 Å². The molecule has 0 aliphatic rings. The van der Waals surface area contributed by atoms with Gasteiger partial charge in [0.2, 0.25) is 0 Å². The van der Waals surface area contributed by atoms with Crippen molar-refractivity contribution < 1.29 is 0 Å². The van der Waals surface area contributed by atoms with Gasteiger partial charge in [0.05, 0.1) is 17.3 Å². The number of hydrazone groups is 1. The van der Waals surface area contributed by atoms with E-state index in [2.05, 4.69) is 28.8 Å². The molecule has 0 amide bonds. The fraction of sp³-hybridized carbons (Fsp3) is 0.100. The van der Waals surface area contributed by atoms with E-state index in [9.17, 15) is 0 Å². The summed E-state index contributed by atoms with van der Waals surface area (Å²) in [6.07, 6.45) is 0. The maximum atomic E-state index is 8.72. The predicted octanol–water partition coefficient (Wildman–Crippen LogP) is 1.12. The molecule has 0 atom stereocenters. The lowest BCUT2D eigenvalue weighted by Gasteiger charge is -2.01. The second kappa shape index (κ2) is 5.08. The van der Waals surface area contributed by atoms with E-state index < -0.39 is 0 Å².